The Bertz CT molecular complexity index is 689. The summed E-state index contributed by atoms with van der Waals surface area (Å²) in [7, 11) is 0. The molecule has 2 heteroatoms. The van der Waals surface area contributed by atoms with Gasteiger partial charge in [0, 0.05) is 6.21 Å². The van der Waals surface area contributed by atoms with E-state index >= 15 is 0 Å². The molecule has 0 atom stereocenters. The van der Waals surface area contributed by atoms with E-state index in [2.05, 4.69) is 24.0 Å². The second-order valence-corrected chi connectivity index (χ2v) is 7.82. The molecule has 29 heavy (non-hydrogen) atoms. The van der Waals surface area contributed by atoms with Crippen molar-refractivity contribution in [2.75, 3.05) is 0 Å². The summed E-state index contributed by atoms with van der Waals surface area (Å²) in [5.74, 6) is 0. The fourth-order valence-corrected chi connectivity index (χ4v) is 3.45. The van der Waals surface area contributed by atoms with Gasteiger partial charge in [-0.2, -0.15) is 0 Å². The summed E-state index contributed by atoms with van der Waals surface area (Å²) in [6.45, 7) is 2.28. The fourth-order valence-electron chi connectivity index (χ4n) is 3.45. The summed E-state index contributed by atoms with van der Waals surface area (Å²) < 4.78 is 0. The van der Waals surface area contributed by atoms with Gasteiger partial charge >= 0.3 is 0 Å². The maximum atomic E-state index is 4.82. The van der Waals surface area contributed by atoms with Crippen LogP contribution >= 0.6 is 0 Å². The van der Waals surface area contributed by atoms with E-state index < -0.39 is 0 Å². The molecule has 0 aromatic heterocycles. The van der Waals surface area contributed by atoms with Crippen LogP contribution in [0.25, 0.3) is 0 Å². The lowest BCUT2D eigenvalue weighted by molar-refractivity contribution is 0.552. The highest BCUT2D eigenvalue weighted by atomic mass is 14.8. The molecule has 0 spiro atoms. The van der Waals surface area contributed by atoms with E-state index in [9.17, 15) is 0 Å². The first-order valence-corrected chi connectivity index (χ1v) is 11.6. The zero-order valence-corrected chi connectivity index (χ0v) is 18.2. The molecule has 2 aromatic carbocycles. The summed E-state index contributed by atoms with van der Waals surface area (Å²) in [5, 5.41) is 0. The Morgan fingerprint density at radius 3 is 1.66 bits per heavy atom. The van der Waals surface area contributed by atoms with Gasteiger partial charge in [0.05, 0.1) is 17.1 Å². The van der Waals surface area contributed by atoms with E-state index in [1.807, 2.05) is 54.7 Å². The van der Waals surface area contributed by atoms with Crippen molar-refractivity contribution >= 4 is 23.3 Å². The standard InChI is InChI=1S/C27H38N2/c1-2-3-4-5-6-7-8-9-10-11-14-23-27(29-26-21-17-13-18-22-26)24-28-25-19-15-12-16-20-25/h12-13,15-22,24H,2-11,14,23H2,1H3. The van der Waals surface area contributed by atoms with Crippen LogP contribution < -0.4 is 0 Å². The van der Waals surface area contributed by atoms with Crippen molar-refractivity contribution in [3.05, 3.63) is 60.7 Å². The van der Waals surface area contributed by atoms with Gasteiger partial charge < -0.3 is 0 Å². The molecule has 0 saturated heterocycles. The topological polar surface area (TPSA) is 24.7 Å². The van der Waals surface area contributed by atoms with Crippen LogP contribution in [0.4, 0.5) is 11.4 Å². The Labute approximate surface area is 178 Å². The molecule has 0 unspecified atom stereocenters. The molecule has 0 bridgehead atoms. The maximum absolute atomic E-state index is 4.82. The monoisotopic (exact) mass is 390 g/mol. The highest BCUT2D eigenvalue weighted by Crippen LogP contribution is 2.15. The Kier molecular flexibility index (Phi) is 12.5. The lowest BCUT2D eigenvalue weighted by Crippen LogP contribution is -1.99. The van der Waals surface area contributed by atoms with Crippen LogP contribution in [0, 0.1) is 0 Å². The van der Waals surface area contributed by atoms with Gasteiger partial charge in [-0.1, -0.05) is 108 Å². The van der Waals surface area contributed by atoms with Crippen molar-refractivity contribution in [2.45, 2.75) is 84.0 Å². The van der Waals surface area contributed by atoms with E-state index in [0.29, 0.717) is 0 Å². The van der Waals surface area contributed by atoms with Gasteiger partial charge in [0.25, 0.3) is 0 Å². The van der Waals surface area contributed by atoms with Crippen molar-refractivity contribution in [2.24, 2.45) is 9.98 Å². The number of aliphatic imine (C=N–C) groups is 2. The molecule has 2 aromatic rings. The van der Waals surface area contributed by atoms with E-state index in [1.54, 1.807) is 0 Å². The number of nitrogens with zero attached hydrogens (tertiary/aromatic N) is 2. The molecule has 0 heterocycles. The zero-order valence-electron chi connectivity index (χ0n) is 18.2. The molecule has 0 radical (unpaired) electrons. The minimum atomic E-state index is 0.979. The fraction of sp³-hybridized carbons (Fsp3) is 0.481. The largest absolute Gasteiger partial charge is 0.255 e. The van der Waals surface area contributed by atoms with Crippen LogP contribution in [-0.2, 0) is 0 Å². The summed E-state index contributed by atoms with van der Waals surface area (Å²) in [4.78, 5) is 9.44. The molecule has 0 aliphatic rings. The molecule has 0 saturated carbocycles. The van der Waals surface area contributed by atoms with E-state index in [1.165, 1.54) is 70.6 Å². The van der Waals surface area contributed by atoms with Crippen LogP contribution in [0.1, 0.15) is 84.0 Å². The molecule has 0 aliphatic carbocycles. The molecule has 0 fully saturated rings. The van der Waals surface area contributed by atoms with Gasteiger partial charge in [-0.3, -0.25) is 9.98 Å². The third-order valence-corrected chi connectivity index (χ3v) is 5.18. The van der Waals surface area contributed by atoms with Crippen molar-refractivity contribution in [3.63, 3.8) is 0 Å². The molecule has 0 N–H and O–H groups in total. The highest BCUT2D eigenvalue weighted by molar-refractivity contribution is 6.31. The van der Waals surface area contributed by atoms with Crippen LogP contribution in [0.2, 0.25) is 0 Å². The Balaban J connectivity index is 1.71. The molecule has 2 rings (SSSR count). The van der Waals surface area contributed by atoms with E-state index in [4.69, 9.17) is 4.99 Å². The summed E-state index contributed by atoms with van der Waals surface area (Å²) in [5.41, 5.74) is 3.05. The number of hydrogen-bond acceptors (Lipinski definition) is 2. The maximum Gasteiger partial charge on any atom is 0.0633 e. The third-order valence-electron chi connectivity index (χ3n) is 5.18. The molecular formula is C27H38N2. The van der Waals surface area contributed by atoms with Crippen molar-refractivity contribution in [1.82, 2.24) is 0 Å². The number of rotatable bonds is 15. The second kappa shape index (κ2) is 15.7. The molecule has 2 nitrogen and oxygen atoms in total. The van der Waals surface area contributed by atoms with Crippen LogP contribution in [0.3, 0.4) is 0 Å². The lowest BCUT2D eigenvalue weighted by Gasteiger charge is -2.04. The van der Waals surface area contributed by atoms with Gasteiger partial charge in [-0.25, -0.2) is 0 Å². The normalized spacial score (nSPS) is 12.0. The molecule has 0 amide bonds. The summed E-state index contributed by atoms with van der Waals surface area (Å²) >= 11 is 0. The van der Waals surface area contributed by atoms with Gasteiger partial charge in [-0.15, -0.1) is 0 Å². The first-order valence-electron chi connectivity index (χ1n) is 11.6. The number of hydrogen-bond donors (Lipinski definition) is 0. The number of para-hydroxylation sites is 2. The van der Waals surface area contributed by atoms with Crippen molar-refractivity contribution < 1.29 is 0 Å². The highest BCUT2D eigenvalue weighted by Gasteiger charge is 1.99. The zero-order chi connectivity index (χ0) is 20.4. The van der Waals surface area contributed by atoms with Gasteiger partial charge in [0.15, 0.2) is 0 Å². The Morgan fingerprint density at radius 1 is 0.621 bits per heavy atom. The van der Waals surface area contributed by atoms with Gasteiger partial charge in [0.2, 0.25) is 0 Å². The van der Waals surface area contributed by atoms with E-state index in [-0.39, 0.29) is 0 Å². The minimum absolute atomic E-state index is 0.979. The first-order chi connectivity index (χ1) is 14.4. The van der Waals surface area contributed by atoms with Crippen LogP contribution in [0.5, 0.6) is 0 Å². The molecular weight excluding hydrogens is 352 g/mol. The average molecular weight is 391 g/mol. The van der Waals surface area contributed by atoms with Crippen molar-refractivity contribution in [3.8, 4) is 0 Å². The lowest BCUT2D eigenvalue weighted by atomic mass is 10.0. The average Bonchev–Trinajstić information content (AvgIpc) is 2.77. The molecule has 0 aliphatic heterocycles. The predicted octanol–water partition coefficient (Wildman–Crippen LogP) is 8.86. The second-order valence-electron chi connectivity index (χ2n) is 7.82. The summed E-state index contributed by atoms with van der Waals surface area (Å²) in [6, 6.07) is 20.3. The SMILES string of the molecule is CCCCCCCCCCCCCC(C=Nc1ccccc1)=Nc1ccccc1. The van der Waals surface area contributed by atoms with Crippen LogP contribution in [0.15, 0.2) is 70.6 Å². The van der Waals surface area contributed by atoms with E-state index in [0.717, 1.165) is 23.5 Å². The predicted molar refractivity (Wildman–Crippen MR) is 129 cm³/mol. The Morgan fingerprint density at radius 2 is 1.10 bits per heavy atom. The molecule has 156 valence electrons. The number of unbranched alkanes of at least 4 members (excludes halogenated alkanes) is 10. The van der Waals surface area contributed by atoms with Crippen molar-refractivity contribution in [1.29, 1.82) is 0 Å². The van der Waals surface area contributed by atoms with Gasteiger partial charge in [-0.05, 0) is 37.1 Å². The smallest absolute Gasteiger partial charge is 0.0633 e. The first kappa shape index (κ1) is 23.1. The minimum Gasteiger partial charge on any atom is -0.255 e. The Hall–Kier alpha value is -2.22. The number of benzene rings is 2. The third kappa shape index (κ3) is 11.4. The quantitative estimate of drug-likeness (QED) is 0.214. The van der Waals surface area contributed by atoms with Gasteiger partial charge in [0.1, 0.15) is 0 Å². The summed E-state index contributed by atoms with van der Waals surface area (Å²) in [6.07, 6.45) is 17.9. The van der Waals surface area contributed by atoms with Crippen LogP contribution in [-0.4, -0.2) is 11.9 Å².